The van der Waals surface area contributed by atoms with Gasteiger partial charge in [0.1, 0.15) is 11.4 Å². The Balaban J connectivity index is 1.52. The molecule has 0 saturated heterocycles. The summed E-state index contributed by atoms with van der Waals surface area (Å²) in [7, 11) is 1.64. The summed E-state index contributed by atoms with van der Waals surface area (Å²) >= 11 is 0. The predicted octanol–water partition coefficient (Wildman–Crippen LogP) is 4.11. The molecule has 3 rings (SSSR count). The molecular weight excluding hydrogens is 338 g/mol. The number of carbonyl (C=O) groups excluding carboxylic acids is 1. The van der Waals surface area contributed by atoms with Crippen LogP contribution in [0, 0.1) is 6.92 Å². The van der Waals surface area contributed by atoms with E-state index in [4.69, 9.17) is 4.74 Å². The molecule has 0 fully saturated rings. The monoisotopic (exact) mass is 361 g/mol. The Morgan fingerprint density at radius 3 is 2.63 bits per heavy atom. The highest BCUT2D eigenvalue weighted by Crippen LogP contribution is 2.17. The fourth-order valence-corrected chi connectivity index (χ4v) is 2.73. The molecule has 0 spiro atoms. The van der Waals surface area contributed by atoms with Crippen LogP contribution < -0.4 is 15.4 Å². The minimum atomic E-state index is -0.181. The summed E-state index contributed by atoms with van der Waals surface area (Å²) in [6, 6.07) is 19.5. The molecule has 2 aromatic carbocycles. The Morgan fingerprint density at radius 2 is 1.89 bits per heavy atom. The third-order valence-corrected chi connectivity index (χ3v) is 4.14. The maximum Gasteiger partial charge on any atom is 0.269 e. The highest BCUT2D eigenvalue weighted by atomic mass is 16.5. The van der Waals surface area contributed by atoms with Gasteiger partial charge in [0.05, 0.1) is 19.0 Å². The SMILES string of the molecule is COc1cccc(CCNC(=O)c2ccc(Nc3cccc(C)c3)cn2)c1. The van der Waals surface area contributed by atoms with E-state index in [-0.39, 0.29) is 5.91 Å². The number of methoxy groups -OCH3 is 1. The van der Waals surface area contributed by atoms with Crippen molar-refractivity contribution in [2.75, 3.05) is 19.0 Å². The summed E-state index contributed by atoms with van der Waals surface area (Å²) in [5.74, 6) is 0.636. The van der Waals surface area contributed by atoms with Crippen LogP contribution in [0.4, 0.5) is 11.4 Å². The van der Waals surface area contributed by atoms with Gasteiger partial charge in [-0.25, -0.2) is 4.98 Å². The quantitative estimate of drug-likeness (QED) is 0.665. The third kappa shape index (κ3) is 5.31. The Bertz CT molecular complexity index is 907. The number of benzene rings is 2. The lowest BCUT2D eigenvalue weighted by Crippen LogP contribution is -2.26. The molecule has 27 heavy (non-hydrogen) atoms. The average molecular weight is 361 g/mol. The number of hydrogen-bond acceptors (Lipinski definition) is 4. The lowest BCUT2D eigenvalue weighted by Gasteiger charge is -2.09. The fourth-order valence-electron chi connectivity index (χ4n) is 2.73. The molecule has 1 aromatic heterocycles. The standard InChI is InChI=1S/C22H23N3O2/c1-16-5-3-7-18(13-16)25-19-9-10-21(24-15-19)22(26)23-12-11-17-6-4-8-20(14-17)27-2/h3-10,13-15,25H,11-12H2,1-2H3,(H,23,26). The van der Waals surface area contributed by atoms with Gasteiger partial charge in [-0.2, -0.15) is 0 Å². The largest absolute Gasteiger partial charge is 0.497 e. The summed E-state index contributed by atoms with van der Waals surface area (Å²) < 4.78 is 5.21. The summed E-state index contributed by atoms with van der Waals surface area (Å²) in [4.78, 5) is 16.5. The first-order chi connectivity index (χ1) is 13.1. The van der Waals surface area contributed by atoms with Crippen LogP contribution in [0.5, 0.6) is 5.75 Å². The van der Waals surface area contributed by atoms with Gasteiger partial charge in [0.25, 0.3) is 5.91 Å². The number of carbonyl (C=O) groups is 1. The van der Waals surface area contributed by atoms with Crippen LogP contribution in [0.3, 0.4) is 0 Å². The van der Waals surface area contributed by atoms with Crippen LogP contribution in [0.2, 0.25) is 0 Å². The Morgan fingerprint density at radius 1 is 1.04 bits per heavy atom. The van der Waals surface area contributed by atoms with Crippen LogP contribution in [-0.4, -0.2) is 24.5 Å². The number of pyridine rings is 1. The van der Waals surface area contributed by atoms with E-state index in [1.165, 1.54) is 5.56 Å². The van der Waals surface area contributed by atoms with E-state index < -0.39 is 0 Å². The van der Waals surface area contributed by atoms with Crippen molar-refractivity contribution < 1.29 is 9.53 Å². The number of anilines is 2. The van der Waals surface area contributed by atoms with E-state index in [0.717, 1.165) is 29.1 Å². The number of aromatic nitrogens is 1. The highest BCUT2D eigenvalue weighted by molar-refractivity contribution is 5.92. The van der Waals surface area contributed by atoms with Gasteiger partial charge in [0, 0.05) is 12.2 Å². The first-order valence-electron chi connectivity index (χ1n) is 8.85. The third-order valence-electron chi connectivity index (χ3n) is 4.14. The first kappa shape index (κ1) is 18.5. The number of aryl methyl sites for hydroxylation is 1. The summed E-state index contributed by atoms with van der Waals surface area (Å²) in [5, 5.41) is 6.18. The zero-order valence-electron chi connectivity index (χ0n) is 15.5. The average Bonchev–Trinajstić information content (AvgIpc) is 2.69. The molecule has 1 amide bonds. The second-order valence-corrected chi connectivity index (χ2v) is 6.28. The zero-order valence-corrected chi connectivity index (χ0v) is 15.5. The molecule has 0 aliphatic heterocycles. The van der Waals surface area contributed by atoms with E-state index in [2.05, 4.69) is 21.7 Å². The normalized spacial score (nSPS) is 10.3. The zero-order chi connectivity index (χ0) is 19.1. The van der Waals surface area contributed by atoms with Crippen LogP contribution in [-0.2, 0) is 6.42 Å². The molecule has 0 aliphatic carbocycles. The van der Waals surface area contributed by atoms with Crippen LogP contribution in [0.15, 0.2) is 66.9 Å². The molecule has 0 bridgehead atoms. The Kier molecular flexibility index (Phi) is 6.05. The molecule has 0 saturated carbocycles. The van der Waals surface area contributed by atoms with Gasteiger partial charge in [-0.05, 0) is 60.9 Å². The van der Waals surface area contributed by atoms with Gasteiger partial charge in [0.2, 0.25) is 0 Å². The topological polar surface area (TPSA) is 63.2 Å². The predicted molar refractivity (Wildman–Crippen MR) is 108 cm³/mol. The van der Waals surface area contributed by atoms with Crippen molar-refractivity contribution in [1.82, 2.24) is 10.3 Å². The maximum absolute atomic E-state index is 12.3. The van der Waals surface area contributed by atoms with Crippen molar-refractivity contribution in [2.45, 2.75) is 13.3 Å². The Hall–Kier alpha value is -3.34. The lowest BCUT2D eigenvalue weighted by molar-refractivity contribution is 0.0949. The van der Waals surface area contributed by atoms with Gasteiger partial charge in [0.15, 0.2) is 0 Å². The van der Waals surface area contributed by atoms with Gasteiger partial charge in [-0.15, -0.1) is 0 Å². The molecular formula is C22H23N3O2. The fraction of sp³-hybridized carbons (Fsp3) is 0.182. The van der Waals surface area contributed by atoms with Crippen molar-refractivity contribution >= 4 is 17.3 Å². The van der Waals surface area contributed by atoms with E-state index in [1.54, 1.807) is 19.4 Å². The molecule has 1 heterocycles. The number of amides is 1. The van der Waals surface area contributed by atoms with Crippen molar-refractivity contribution in [3.8, 4) is 5.75 Å². The summed E-state index contributed by atoms with van der Waals surface area (Å²) in [6.07, 6.45) is 2.40. The minimum absolute atomic E-state index is 0.181. The van der Waals surface area contributed by atoms with Crippen molar-refractivity contribution in [1.29, 1.82) is 0 Å². The highest BCUT2D eigenvalue weighted by Gasteiger charge is 2.07. The summed E-state index contributed by atoms with van der Waals surface area (Å²) in [5.41, 5.74) is 4.52. The van der Waals surface area contributed by atoms with Gasteiger partial charge < -0.3 is 15.4 Å². The number of nitrogens with one attached hydrogen (secondary N) is 2. The molecule has 5 heteroatoms. The van der Waals surface area contributed by atoms with E-state index >= 15 is 0 Å². The smallest absolute Gasteiger partial charge is 0.269 e. The van der Waals surface area contributed by atoms with Crippen molar-refractivity contribution in [2.24, 2.45) is 0 Å². The molecule has 5 nitrogen and oxygen atoms in total. The maximum atomic E-state index is 12.3. The lowest BCUT2D eigenvalue weighted by atomic mass is 10.1. The van der Waals surface area contributed by atoms with E-state index in [1.807, 2.05) is 55.5 Å². The molecule has 0 radical (unpaired) electrons. The molecule has 138 valence electrons. The first-order valence-corrected chi connectivity index (χ1v) is 8.85. The second-order valence-electron chi connectivity index (χ2n) is 6.28. The van der Waals surface area contributed by atoms with E-state index in [9.17, 15) is 4.79 Å². The molecule has 3 aromatic rings. The van der Waals surface area contributed by atoms with Crippen molar-refractivity contribution in [3.63, 3.8) is 0 Å². The number of rotatable bonds is 7. The number of nitrogens with zero attached hydrogens (tertiary/aromatic N) is 1. The number of ether oxygens (including phenoxy) is 1. The molecule has 0 atom stereocenters. The van der Waals surface area contributed by atoms with Crippen LogP contribution in [0.1, 0.15) is 21.6 Å². The molecule has 2 N–H and O–H groups in total. The van der Waals surface area contributed by atoms with Gasteiger partial charge >= 0.3 is 0 Å². The van der Waals surface area contributed by atoms with Gasteiger partial charge in [-0.1, -0.05) is 24.3 Å². The molecule has 0 aliphatic rings. The minimum Gasteiger partial charge on any atom is -0.497 e. The van der Waals surface area contributed by atoms with Crippen LogP contribution in [0.25, 0.3) is 0 Å². The Labute approximate surface area is 159 Å². The van der Waals surface area contributed by atoms with E-state index in [0.29, 0.717) is 12.2 Å². The van der Waals surface area contributed by atoms with Crippen molar-refractivity contribution in [3.05, 3.63) is 83.7 Å². The summed E-state index contributed by atoms with van der Waals surface area (Å²) in [6.45, 7) is 2.58. The number of hydrogen-bond donors (Lipinski definition) is 2. The molecule has 0 unspecified atom stereocenters. The van der Waals surface area contributed by atoms with Crippen LogP contribution >= 0.6 is 0 Å². The van der Waals surface area contributed by atoms with Gasteiger partial charge in [-0.3, -0.25) is 4.79 Å². The second kappa shape index (κ2) is 8.85.